The molecule has 1 heterocycles. The molecule has 7 nitrogen and oxygen atoms in total. The minimum absolute atomic E-state index is 0.213. The Morgan fingerprint density at radius 2 is 1.67 bits per heavy atom. The number of methoxy groups -OCH3 is 2. The van der Waals surface area contributed by atoms with Gasteiger partial charge in [-0.2, -0.15) is 0 Å². The quantitative estimate of drug-likeness (QED) is 0.570. The summed E-state index contributed by atoms with van der Waals surface area (Å²) in [5.74, 6) is 0.896. The fraction of sp³-hybridized carbons (Fsp3) is 0.300. The monoisotopic (exact) mass is 372 g/mol. The zero-order valence-electron chi connectivity index (χ0n) is 15.3. The molecular weight excluding hydrogens is 352 g/mol. The molecule has 1 aliphatic heterocycles. The van der Waals surface area contributed by atoms with Crippen LogP contribution < -0.4 is 18.9 Å². The van der Waals surface area contributed by atoms with Crippen molar-refractivity contribution in [1.82, 2.24) is 0 Å². The zero-order chi connectivity index (χ0) is 19.4. The third kappa shape index (κ3) is 3.97. The number of carbonyl (C=O) groups is 2. The van der Waals surface area contributed by atoms with Crippen LogP contribution in [0.2, 0.25) is 0 Å². The van der Waals surface area contributed by atoms with Crippen molar-refractivity contribution in [2.24, 2.45) is 0 Å². The summed E-state index contributed by atoms with van der Waals surface area (Å²) < 4.78 is 26.7. The van der Waals surface area contributed by atoms with Crippen LogP contribution in [0.3, 0.4) is 0 Å². The molecule has 0 bridgehead atoms. The predicted molar refractivity (Wildman–Crippen MR) is 96.2 cm³/mol. The van der Waals surface area contributed by atoms with Crippen LogP contribution in [-0.4, -0.2) is 45.3 Å². The van der Waals surface area contributed by atoms with E-state index in [4.69, 9.17) is 23.7 Å². The van der Waals surface area contributed by atoms with Crippen LogP contribution in [0.4, 0.5) is 0 Å². The zero-order valence-corrected chi connectivity index (χ0v) is 15.3. The Kier molecular flexibility index (Phi) is 5.49. The molecule has 27 heavy (non-hydrogen) atoms. The maximum atomic E-state index is 12.5. The predicted octanol–water partition coefficient (Wildman–Crippen LogP) is 2.90. The standard InChI is InChI=1S/C20H20O7/c1-12(18(21)13-4-6-15(23-2)7-5-13)27-20(22)14-10-16(24-3)19-17(11-14)25-8-9-26-19/h4-7,10-12H,8-9H2,1-3H3. The number of fused-ring (bicyclic) bond motifs is 1. The highest BCUT2D eigenvalue weighted by Crippen LogP contribution is 2.40. The number of benzene rings is 2. The van der Waals surface area contributed by atoms with Crippen LogP contribution in [-0.2, 0) is 4.74 Å². The van der Waals surface area contributed by atoms with Crippen molar-refractivity contribution in [3.8, 4) is 23.0 Å². The van der Waals surface area contributed by atoms with Gasteiger partial charge in [-0.25, -0.2) is 4.79 Å². The lowest BCUT2D eigenvalue weighted by Gasteiger charge is -2.21. The lowest BCUT2D eigenvalue weighted by molar-refractivity contribution is 0.0317. The van der Waals surface area contributed by atoms with Gasteiger partial charge in [-0.1, -0.05) is 0 Å². The molecule has 2 aromatic carbocycles. The van der Waals surface area contributed by atoms with E-state index >= 15 is 0 Å². The Morgan fingerprint density at radius 3 is 2.33 bits per heavy atom. The van der Waals surface area contributed by atoms with E-state index in [2.05, 4.69) is 0 Å². The topological polar surface area (TPSA) is 80.3 Å². The van der Waals surface area contributed by atoms with Crippen molar-refractivity contribution in [1.29, 1.82) is 0 Å². The third-order valence-electron chi connectivity index (χ3n) is 4.09. The van der Waals surface area contributed by atoms with E-state index in [1.807, 2.05) is 0 Å². The van der Waals surface area contributed by atoms with Gasteiger partial charge in [0.15, 0.2) is 17.6 Å². The largest absolute Gasteiger partial charge is 0.497 e. The average Bonchev–Trinajstić information content (AvgIpc) is 2.72. The molecule has 0 aliphatic carbocycles. The average molecular weight is 372 g/mol. The second-order valence-corrected chi connectivity index (χ2v) is 5.84. The number of carbonyl (C=O) groups excluding carboxylic acids is 2. The Labute approximate surface area is 156 Å². The van der Waals surface area contributed by atoms with Gasteiger partial charge in [0.05, 0.1) is 19.8 Å². The molecule has 2 aromatic rings. The van der Waals surface area contributed by atoms with Crippen molar-refractivity contribution in [3.63, 3.8) is 0 Å². The summed E-state index contributed by atoms with van der Waals surface area (Å²) >= 11 is 0. The van der Waals surface area contributed by atoms with Gasteiger partial charge < -0.3 is 23.7 Å². The van der Waals surface area contributed by atoms with Crippen molar-refractivity contribution < 1.29 is 33.3 Å². The summed E-state index contributed by atoms with van der Waals surface area (Å²) in [6, 6.07) is 9.61. The number of hydrogen-bond acceptors (Lipinski definition) is 7. The highest BCUT2D eigenvalue weighted by molar-refractivity contribution is 6.01. The Morgan fingerprint density at radius 1 is 0.963 bits per heavy atom. The molecule has 0 radical (unpaired) electrons. The minimum atomic E-state index is -0.954. The van der Waals surface area contributed by atoms with Crippen molar-refractivity contribution in [3.05, 3.63) is 47.5 Å². The molecule has 0 N–H and O–H groups in total. The summed E-state index contributed by atoms with van der Waals surface area (Å²) in [5.41, 5.74) is 0.640. The normalized spacial score (nSPS) is 13.4. The smallest absolute Gasteiger partial charge is 0.339 e. The highest BCUT2D eigenvalue weighted by atomic mass is 16.6. The molecule has 3 rings (SSSR count). The number of esters is 1. The third-order valence-corrected chi connectivity index (χ3v) is 4.09. The summed E-state index contributed by atoms with van der Waals surface area (Å²) in [5, 5.41) is 0. The SMILES string of the molecule is COc1ccc(C(=O)C(C)OC(=O)c2cc(OC)c3c(c2)OCCO3)cc1. The molecule has 0 saturated carbocycles. The van der Waals surface area contributed by atoms with Gasteiger partial charge in [-0.15, -0.1) is 0 Å². The van der Waals surface area contributed by atoms with Crippen LogP contribution in [0.5, 0.6) is 23.0 Å². The molecule has 7 heteroatoms. The van der Waals surface area contributed by atoms with Crippen LogP contribution >= 0.6 is 0 Å². The molecule has 0 spiro atoms. The van der Waals surface area contributed by atoms with Gasteiger partial charge >= 0.3 is 5.97 Å². The lowest BCUT2D eigenvalue weighted by Crippen LogP contribution is -2.24. The molecule has 0 fully saturated rings. The number of ketones is 1. The van der Waals surface area contributed by atoms with Crippen LogP contribution in [0.15, 0.2) is 36.4 Å². The number of Topliss-reactive ketones (excluding diaryl/α,β-unsaturated/α-hetero) is 1. The van der Waals surface area contributed by atoms with E-state index in [0.29, 0.717) is 41.8 Å². The van der Waals surface area contributed by atoms with E-state index < -0.39 is 12.1 Å². The van der Waals surface area contributed by atoms with Crippen molar-refractivity contribution in [2.75, 3.05) is 27.4 Å². The first kappa shape index (κ1) is 18.6. The van der Waals surface area contributed by atoms with E-state index in [0.717, 1.165) is 0 Å². The van der Waals surface area contributed by atoms with Gasteiger partial charge in [-0.05, 0) is 43.3 Å². The Hall–Kier alpha value is -3.22. The van der Waals surface area contributed by atoms with Crippen LogP contribution in [0.1, 0.15) is 27.6 Å². The fourth-order valence-electron chi connectivity index (χ4n) is 2.66. The number of ether oxygens (including phenoxy) is 5. The molecule has 0 aromatic heterocycles. The molecule has 1 unspecified atom stereocenters. The summed E-state index contributed by atoms with van der Waals surface area (Å²) in [6.07, 6.45) is -0.954. The van der Waals surface area contributed by atoms with Crippen LogP contribution in [0.25, 0.3) is 0 Å². The van der Waals surface area contributed by atoms with E-state index in [-0.39, 0.29) is 11.3 Å². The molecule has 142 valence electrons. The number of hydrogen-bond donors (Lipinski definition) is 0. The minimum Gasteiger partial charge on any atom is -0.497 e. The van der Waals surface area contributed by atoms with Gasteiger partial charge in [0.2, 0.25) is 11.5 Å². The second-order valence-electron chi connectivity index (χ2n) is 5.84. The molecule has 1 atom stereocenters. The first-order valence-electron chi connectivity index (χ1n) is 8.40. The second kappa shape index (κ2) is 7.99. The van der Waals surface area contributed by atoms with E-state index in [1.165, 1.54) is 26.2 Å². The Balaban J connectivity index is 1.75. The molecule has 1 aliphatic rings. The van der Waals surface area contributed by atoms with Gasteiger partial charge in [0.25, 0.3) is 0 Å². The molecule has 0 amide bonds. The van der Waals surface area contributed by atoms with E-state index in [1.54, 1.807) is 31.4 Å². The summed E-state index contributed by atoms with van der Waals surface area (Å²) in [7, 11) is 3.02. The van der Waals surface area contributed by atoms with Crippen molar-refractivity contribution in [2.45, 2.75) is 13.0 Å². The molecular formula is C20H20O7. The van der Waals surface area contributed by atoms with Crippen molar-refractivity contribution >= 4 is 11.8 Å². The maximum absolute atomic E-state index is 12.5. The van der Waals surface area contributed by atoms with Crippen LogP contribution in [0, 0.1) is 0 Å². The lowest BCUT2D eigenvalue weighted by atomic mass is 10.1. The first-order valence-corrected chi connectivity index (χ1v) is 8.40. The van der Waals surface area contributed by atoms with E-state index in [9.17, 15) is 9.59 Å². The maximum Gasteiger partial charge on any atom is 0.339 e. The summed E-state index contributed by atoms with van der Waals surface area (Å²) in [6.45, 7) is 2.31. The van der Waals surface area contributed by atoms with Gasteiger partial charge in [0.1, 0.15) is 19.0 Å². The first-order chi connectivity index (χ1) is 13.0. The molecule has 0 saturated heterocycles. The van der Waals surface area contributed by atoms with Gasteiger partial charge in [-0.3, -0.25) is 4.79 Å². The number of rotatable bonds is 6. The summed E-state index contributed by atoms with van der Waals surface area (Å²) in [4.78, 5) is 25.0. The van der Waals surface area contributed by atoms with Gasteiger partial charge in [0, 0.05) is 5.56 Å². The Bertz CT molecular complexity index is 825. The fourth-order valence-corrected chi connectivity index (χ4v) is 2.66. The highest BCUT2D eigenvalue weighted by Gasteiger charge is 2.24.